The summed E-state index contributed by atoms with van der Waals surface area (Å²) in [5.41, 5.74) is 3.12. The molecule has 0 unspecified atom stereocenters. The fourth-order valence-corrected chi connectivity index (χ4v) is 4.66. The summed E-state index contributed by atoms with van der Waals surface area (Å²) in [6.07, 6.45) is 5.67. The number of hydrogen-bond donors (Lipinski definition) is 1. The monoisotopic (exact) mass is 443 g/mol. The number of benzene rings is 1. The Labute approximate surface area is 194 Å². The van der Waals surface area contributed by atoms with E-state index in [0.29, 0.717) is 12.4 Å². The van der Waals surface area contributed by atoms with E-state index in [1.807, 2.05) is 30.3 Å². The molecule has 0 radical (unpaired) electrons. The maximum absolute atomic E-state index is 13.0. The summed E-state index contributed by atoms with van der Waals surface area (Å²) in [5.74, 6) is 2.13. The molecular weight excluding hydrogens is 414 g/mol. The Balaban J connectivity index is 1.24. The van der Waals surface area contributed by atoms with Crippen molar-refractivity contribution < 1.29 is 4.79 Å². The molecule has 2 aliphatic rings. The van der Waals surface area contributed by atoms with E-state index in [9.17, 15) is 4.79 Å². The highest BCUT2D eigenvalue weighted by Gasteiger charge is 2.27. The summed E-state index contributed by atoms with van der Waals surface area (Å²) in [7, 11) is 0. The first-order valence-electron chi connectivity index (χ1n) is 11.7. The van der Waals surface area contributed by atoms with E-state index in [1.54, 1.807) is 0 Å². The Kier molecular flexibility index (Phi) is 6.15. The molecule has 2 aliphatic heterocycles. The minimum absolute atomic E-state index is 0.00439. The normalized spacial score (nSPS) is 18.4. The highest BCUT2D eigenvalue weighted by molar-refractivity contribution is 5.92. The number of carbonyl (C=O) groups is 1. The first-order valence-corrected chi connectivity index (χ1v) is 11.7. The van der Waals surface area contributed by atoms with Crippen LogP contribution in [0.1, 0.15) is 31.2 Å². The fraction of sp³-hybridized carbons (Fsp3) is 0.400. The minimum Gasteiger partial charge on any atom is -0.356 e. The van der Waals surface area contributed by atoms with Gasteiger partial charge in [0.1, 0.15) is 18.0 Å². The van der Waals surface area contributed by atoms with E-state index in [1.165, 1.54) is 24.7 Å². The number of hydrogen-bond acceptors (Lipinski definition) is 7. The molecule has 1 N–H and O–H groups in total. The topological polar surface area (TPSA) is 87.1 Å². The van der Waals surface area contributed by atoms with Gasteiger partial charge in [-0.3, -0.25) is 4.79 Å². The summed E-state index contributed by atoms with van der Waals surface area (Å²) in [4.78, 5) is 26.0. The van der Waals surface area contributed by atoms with Crippen LogP contribution in [0.3, 0.4) is 0 Å². The molecule has 0 bridgehead atoms. The van der Waals surface area contributed by atoms with Crippen molar-refractivity contribution in [2.24, 2.45) is 5.92 Å². The van der Waals surface area contributed by atoms with E-state index in [-0.39, 0.29) is 11.8 Å². The fourth-order valence-electron chi connectivity index (χ4n) is 4.66. The van der Waals surface area contributed by atoms with Crippen LogP contribution < -0.4 is 15.1 Å². The van der Waals surface area contributed by atoms with Crippen LogP contribution in [-0.2, 0) is 4.79 Å². The van der Waals surface area contributed by atoms with Gasteiger partial charge in [0.05, 0.1) is 11.6 Å². The highest BCUT2D eigenvalue weighted by atomic mass is 16.2. The minimum atomic E-state index is -0.123. The molecule has 8 nitrogen and oxygen atoms in total. The molecule has 1 amide bonds. The standard InChI is InChI=1S/C25H29N7O/c1-18-7-2-3-9-20(18)21-10-11-23(30-29-21)32-14-6-8-19(16-32)25(33)28-22-15-24(27-17-26-22)31-12-4-5-13-31/h2-3,7,9-11,15,17,19H,4-6,8,12-14,16H2,1H3,(H,26,27,28,33)/t19-/m0/s1. The second-order valence-electron chi connectivity index (χ2n) is 8.82. The van der Waals surface area contributed by atoms with E-state index >= 15 is 0 Å². The lowest BCUT2D eigenvalue weighted by Crippen LogP contribution is -2.41. The van der Waals surface area contributed by atoms with Gasteiger partial charge in [-0.25, -0.2) is 9.97 Å². The van der Waals surface area contributed by atoms with Gasteiger partial charge in [0.25, 0.3) is 0 Å². The smallest absolute Gasteiger partial charge is 0.230 e. The zero-order valence-electron chi connectivity index (χ0n) is 18.9. The molecule has 2 aromatic heterocycles. The number of nitrogens with one attached hydrogen (secondary N) is 1. The largest absolute Gasteiger partial charge is 0.356 e. The molecule has 8 heteroatoms. The van der Waals surface area contributed by atoms with Crippen LogP contribution in [0.4, 0.5) is 17.5 Å². The Morgan fingerprint density at radius 2 is 1.76 bits per heavy atom. The number of aromatic nitrogens is 4. The zero-order chi connectivity index (χ0) is 22.6. The number of anilines is 3. The Morgan fingerprint density at radius 1 is 0.939 bits per heavy atom. The van der Waals surface area contributed by atoms with Crippen molar-refractivity contribution in [2.45, 2.75) is 32.6 Å². The number of amides is 1. The quantitative estimate of drug-likeness (QED) is 0.643. The Bertz CT molecular complexity index is 1110. The van der Waals surface area contributed by atoms with Crippen LogP contribution in [0.2, 0.25) is 0 Å². The number of rotatable bonds is 5. The van der Waals surface area contributed by atoms with Crippen molar-refractivity contribution in [2.75, 3.05) is 41.3 Å². The van der Waals surface area contributed by atoms with Crippen LogP contribution in [0.15, 0.2) is 48.8 Å². The van der Waals surface area contributed by atoms with Crippen molar-refractivity contribution in [3.8, 4) is 11.3 Å². The van der Waals surface area contributed by atoms with Crippen molar-refractivity contribution in [3.05, 3.63) is 54.4 Å². The molecule has 33 heavy (non-hydrogen) atoms. The number of nitrogens with zero attached hydrogens (tertiary/aromatic N) is 6. The number of carbonyl (C=O) groups excluding carboxylic acids is 1. The molecule has 3 aromatic rings. The van der Waals surface area contributed by atoms with Crippen molar-refractivity contribution in [1.29, 1.82) is 0 Å². The third-order valence-corrected chi connectivity index (χ3v) is 6.52. The van der Waals surface area contributed by atoms with Gasteiger partial charge in [-0.15, -0.1) is 10.2 Å². The van der Waals surface area contributed by atoms with Crippen LogP contribution >= 0.6 is 0 Å². The van der Waals surface area contributed by atoms with E-state index in [4.69, 9.17) is 0 Å². The van der Waals surface area contributed by atoms with Gasteiger partial charge in [-0.1, -0.05) is 24.3 Å². The second-order valence-corrected chi connectivity index (χ2v) is 8.82. The average Bonchev–Trinajstić information content (AvgIpc) is 3.40. The lowest BCUT2D eigenvalue weighted by Gasteiger charge is -2.32. The van der Waals surface area contributed by atoms with Gasteiger partial charge in [-0.2, -0.15) is 0 Å². The predicted molar refractivity (Wildman–Crippen MR) is 129 cm³/mol. The first kappa shape index (κ1) is 21.3. The number of aryl methyl sites for hydroxylation is 1. The van der Waals surface area contributed by atoms with Gasteiger partial charge in [0, 0.05) is 37.8 Å². The molecule has 5 rings (SSSR count). The van der Waals surface area contributed by atoms with Crippen LogP contribution in [0, 0.1) is 12.8 Å². The molecule has 1 atom stereocenters. The molecular formula is C25H29N7O. The van der Waals surface area contributed by atoms with E-state index in [0.717, 1.165) is 55.4 Å². The molecule has 0 aliphatic carbocycles. The van der Waals surface area contributed by atoms with Gasteiger partial charge < -0.3 is 15.1 Å². The average molecular weight is 444 g/mol. The van der Waals surface area contributed by atoms with Gasteiger partial charge >= 0.3 is 0 Å². The third-order valence-electron chi connectivity index (χ3n) is 6.52. The number of piperidine rings is 1. The maximum atomic E-state index is 13.0. The summed E-state index contributed by atoms with van der Waals surface area (Å²) >= 11 is 0. The Morgan fingerprint density at radius 3 is 2.55 bits per heavy atom. The summed E-state index contributed by atoms with van der Waals surface area (Å²) in [6, 6.07) is 14.1. The van der Waals surface area contributed by atoms with Crippen LogP contribution in [0.25, 0.3) is 11.3 Å². The molecule has 2 saturated heterocycles. The molecule has 4 heterocycles. The highest BCUT2D eigenvalue weighted by Crippen LogP contribution is 2.26. The van der Waals surface area contributed by atoms with Gasteiger partial charge in [-0.05, 0) is 50.3 Å². The molecule has 170 valence electrons. The molecule has 1 aromatic carbocycles. The van der Waals surface area contributed by atoms with Crippen molar-refractivity contribution >= 4 is 23.4 Å². The first-order chi connectivity index (χ1) is 16.2. The third kappa shape index (κ3) is 4.79. The lowest BCUT2D eigenvalue weighted by atomic mass is 9.97. The summed E-state index contributed by atoms with van der Waals surface area (Å²) in [5, 5.41) is 11.9. The van der Waals surface area contributed by atoms with Gasteiger partial charge in [0.15, 0.2) is 5.82 Å². The van der Waals surface area contributed by atoms with Crippen LogP contribution in [0.5, 0.6) is 0 Å². The van der Waals surface area contributed by atoms with Crippen LogP contribution in [-0.4, -0.2) is 52.3 Å². The summed E-state index contributed by atoms with van der Waals surface area (Å²) in [6.45, 7) is 5.57. The summed E-state index contributed by atoms with van der Waals surface area (Å²) < 4.78 is 0. The lowest BCUT2D eigenvalue weighted by molar-refractivity contribution is -0.120. The molecule has 0 spiro atoms. The molecule has 2 fully saturated rings. The second kappa shape index (κ2) is 9.52. The van der Waals surface area contributed by atoms with Crippen molar-refractivity contribution in [3.63, 3.8) is 0 Å². The van der Waals surface area contributed by atoms with Crippen molar-refractivity contribution in [1.82, 2.24) is 20.2 Å². The Hall–Kier alpha value is -3.55. The maximum Gasteiger partial charge on any atom is 0.230 e. The van der Waals surface area contributed by atoms with E-state index < -0.39 is 0 Å². The predicted octanol–water partition coefficient (Wildman–Crippen LogP) is 3.70. The van der Waals surface area contributed by atoms with Gasteiger partial charge in [0.2, 0.25) is 5.91 Å². The molecule has 0 saturated carbocycles. The SMILES string of the molecule is Cc1ccccc1-c1ccc(N2CCC[C@H](C(=O)Nc3cc(N4CCCC4)ncn3)C2)nn1. The van der Waals surface area contributed by atoms with E-state index in [2.05, 4.69) is 54.3 Å². The zero-order valence-corrected chi connectivity index (χ0v) is 18.9.